The normalized spacial score (nSPS) is 24.5. The highest BCUT2D eigenvalue weighted by atomic mass is 16.7. The number of aliphatic hydroxyl groups excluding tert-OH is 3. The van der Waals surface area contributed by atoms with Crippen LogP contribution in [0.4, 0.5) is 0 Å². The molecule has 1 saturated heterocycles. The van der Waals surface area contributed by atoms with Gasteiger partial charge in [-0.05, 0) is 16.7 Å². The Labute approximate surface area is 169 Å². The lowest BCUT2D eigenvalue weighted by atomic mass is 9.80. The van der Waals surface area contributed by atoms with E-state index in [1.807, 2.05) is 91.0 Å². The van der Waals surface area contributed by atoms with E-state index < -0.39 is 30.2 Å². The Hall–Kier alpha value is -2.54. The first-order valence-electron chi connectivity index (χ1n) is 9.63. The highest BCUT2D eigenvalue weighted by molar-refractivity contribution is 5.47. The summed E-state index contributed by atoms with van der Waals surface area (Å²) in [7, 11) is 0. The van der Waals surface area contributed by atoms with E-state index in [-0.39, 0.29) is 6.61 Å². The van der Waals surface area contributed by atoms with Crippen molar-refractivity contribution in [3.63, 3.8) is 0 Å². The fraction of sp³-hybridized carbons (Fsp3) is 0.250. The maximum absolute atomic E-state index is 10.2. The molecule has 29 heavy (non-hydrogen) atoms. The van der Waals surface area contributed by atoms with Crippen molar-refractivity contribution in [1.82, 2.24) is 0 Å². The third-order valence-electron chi connectivity index (χ3n) is 5.34. The smallest absolute Gasteiger partial charge is 0.184 e. The predicted molar refractivity (Wildman–Crippen MR) is 108 cm³/mol. The molecule has 1 fully saturated rings. The van der Waals surface area contributed by atoms with Crippen LogP contribution < -0.4 is 0 Å². The summed E-state index contributed by atoms with van der Waals surface area (Å²) in [4.78, 5) is 0. The summed E-state index contributed by atoms with van der Waals surface area (Å²) in [6.45, 7) is -0.0199. The van der Waals surface area contributed by atoms with E-state index in [2.05, 4.69) is 0 Å². The summed E-state index contributed by atoms with van der Waals surface area (Å²) in [5.41, 5.74) is 1.81. The molecule has 0 aliphatic carbocycles. The highest BCUT2D eigenvalue weighted by Crippen LogP contribution is 2.41. The first-order chi connectivity index (χ1) is 14.1. The van der Waals surface area contributed by atoms with Gasteiger partial charge in [0.25, 0.3) is 0 Å². The minimum Gasteiger partial charge on any atom is -0.387 e. The van der Waals surface area contributed by atoms with Gasteiger partial charge in [-0.1, -0.05) is 91.0 Å². The van der Waals surface area contributed by atoms with Gasteiger partial charge in [0.2, 0.25) is 0 Å². The lowest BCUT2D eigenvalue weighted by molar-refractivity contribution is -0.145. The van der Waals surface area contributed by atoms with E-state index in [4.69, 9.17) is 9.47 Å². The standard InChI is InChI=1S/C24H24O5/c25-21-20(29-23(27)22(21)26)16-28-24(17-10-4-1-5-11-17,18-12-6-2-7-13-18)19-14-8-3-9-15-19/h1-15,20-23,25-27H,16H2/t20-,21-,22+,23?/m0/s1. The Morgan fingerprint density at radius 3 is 1.41 bits per heavy atom. The number of ether oxygens (including phenoxy) is 2. The molecule has 3 aromatic carbocycles. The largest absolute Gasteiger partial charge is 0.387 e. The van der Waals surface area contributed by atoms with Gasteiger partial charge >= 0.3 is 0 Å². The molecule has 0 spiro atoms. The molecule has 150 valence electrons. The van der Waals surface area contributed by atoms with Crippen LogP contribution in [0, 0.1) is 0 Å². The van der Waals surface area contributed by atoms with Crippen LogP contribution in [0.1, 0.15) is 16.7 Å². The van der Waals surface area contributed by atoms with Crippen molar-refractivity contribution < 1.29 is 24.8 Å². The number of rotatable bonds is 6. The van der Waals surface area contributed by atoms with Gasteiger partial charge in [-0.3, -0.25) is 0 Å². The molecule has 1 heterocycles. The number of hydrogen-bond donors (Lipinski definition) is 3. The minimum atomic E-state index is -1.43. The molecule has 5 nitrogen and oxygen atoms in total. The summed E-state index contributed by atoms with van der Waals surface area (Å²) in [5, 5.41) is 29.8. The fourth-order valence-corrected chi connectivity index (χ4v) is 3.84. The van der Waals surface area contributed by atoms with Crippen LogP contribution >= 0.6 is 0 Å². The summed E-state index contributed by atoms with van der Waals surface area (Å²) < 4.78 is 11.9. The molecule has 0 radical (unpaired) electrons. The second-order valence-corrected chi connectivity index (χ2v) is 7.14. The van der Waals surface area contributed by atoms with Crippen LogP contribution in [0.3, 0.4) is 0 Å². The highest BCUT2D eigenvalue weighted by Gasteiger charge is 2.44. The summed E-state index contributed by atoms with van der Waals surface area (Å²) >= 11 is 0. The molecule has 0 bridgehead atoms. The zero-order valence-electron chi connectivity index (χ0n) is 15.8. The monoisotopic (exact) mass is 392 g/mol. The van der Waals surface area contributed by atoms with E-state index in [9.17, 15) is 15.3 Å². The molecule has 3 N–H and O–H groups in total. The first kappa shape index (κ1) is 19.8. The molecule has 3 aromatic rings. The summed E-state index contributed by atoms with van der Waals surface area (Å²) in [5.74, 6) is 0. The third-order valence-corrected chi connectivity index (χ3v) is 5.34. The van der Waals surface area contributed by atoms with Crippen molar-refractivity contribution in [3.05, 3.63) is 108 Å². The second kappa shape index (κ2) is 8.45. The van der Waals surface area contributed by atoms with Gasteiger partial charge in [0.05, 0.1) is 6.61 Å². The van der Waals surface area contributed by atoms with Crippen LogP contribution in [-0.2, 0) is 15.1 Å². The van der Waals surface area contributed by atoms with Crippen molar-refractivity contribution in [2.75, 3.05) is 6.61 Å². The Morgan fingerprint density at radius 1 is 0.655 bits per heavy atom. The van der Waals surface area contributed by atoms with Crippen LogP contribution in [0.15, 0.2) is 91.0 Å². The average Bonchev–Trinajstić information content (AvgIpc) is 3.03. The predicted octanol–water partition coefficient (Wildman–Crippen LogP) is 2.43. The lowest BCUT2D eigenvalue weighted by Gasteiger charge is -2.37. The molecular formula is C24H24O5. The molecule has 0 saturated carbocycles. The van der Waals surface area contributed by atoms with E-state index in [0.29, 0.717) is 0 Å². The van der Waals surface area contributed by atoms with Crippen molar-refractivity contribution in [2.24, 2.45) is 0 Å². The maximum atomic E-state index is 10.2. The Kier molecular flexibility index (Phi) is 5.76. The molecule has 0 amide bonds. The van der Waals surface area contributed by atoms with Gasteiger partial charge in [-0.2, -0.15) is 0 Å². The summed E-state index contributed by atoms with van der Waals surface area (Å²) in [6.07, 6.45) is -4.87. The van der Waals surface area contributed by atoms with E-state index in [1.54, 1.807) is 0 Å². The third kappa shape index (κ3) is 3.71. The van der Waals surface area contributed by atoms with E-state index in [0.717, 1.165) is 16.7 Å². The minimum absolute atomic E-state index is 0.0199. The van der Waals surface area contributed by atoms with Gasteiger partial charge < -0.3 is 24.8 Å². The van der Waals surface area contributed by atoms with Gasteiger partial charge in [0.1, 0.15) is 23.9 Å². The lowest BCUT2D eigenvalue weighted by Crippen LogP contribution is -2.39. The summed E-state index contributed by atoms with van der Waals surface area (Å²) in [6, 6.07) is 29.5. The Morgan fingerprint density at radius 2 is 1.07 bits per heavy atom. The van der Waals surface area contributed by atoms with Crippen LogP contribution in [0.5, 0.6) is 0 Å². The molecule has 1 aliphatic heterocycles. The average molecular weight is 392 g/mol. The van der Waals surface area contributed by atoms with Gasteiger partial charge in [0, 0.05) is 0 Å². The molecule has 4 atom stereocenters. The van der Waals surface area contributed by atoms with E-state index in [1.165, 1.54) is 0 Å². The fourth-order valence-electron chi connectivity index (χ4n) is 3.84. The Balaban J connectivity index is 1.80. The second-order valence-electron chi connectivity index (χ2n) is 7.14. The van der Waals surface area contributed by atoms with Crippen molar-refractivity contribution in [2.45, 2.75) is 30.2 Å². The number of hydrogen-bond acceptors (Lipinski definition) is 5. The van der Waals surface area contributed by atoms with Crippen molar-refractivity contribution in [3.8, 4) is 0 Å². The van der Waals surface area contributed by atoms with Crippen molar-refractivity contribution in [1.29, 1.82) is 0 Å². The SMILES string of the molecule is OC1O[C@@H](COC(c2ccccc2)(c2ccccc2)c2ccccc2)[C@H](O)[C@H]1O. The molecule has 5 heteroatoms. The van der Waals surface area contributed by atoms with Gasteiger partial charge in [-0.25, -0.2) is 0 Å². The topological polar surface area (TPSA) is 79.2 Å². The van der Waals surface area contributed by atoms with E-state index >= 15 is 0 Å². The quantitative estimate of drug-likeness (QED) is 0.562. The zero-order chi connectivity index (χ0) is 20.3. The van der Waals surface area contributed by atoms with Gasteiger partial charge in [0.15, 0.2) is 6.29 Å². The Bertz CT molecular complexity index is 804. The van der Waals surface area contributed by atoms with Crippen LogP contribution in [0.25, 0.3) is 0 Å². The number of benzene rings is 3. The maximum Gasteiger partial charge on any atom is 0.184 e. The van der Waals surface area contributed by atoms with Gasteiger partial charge in [-0.15, -0.1) is 0 Å². The number of aliphatic hydroxyl groups is 3. The molecular weight excluding hydrogens is 368 g/mol. The molecule has 0 aromatic heterocycles. The first-order valence-corrected chi connectivity index (χ1v) is 9.63. The molecule has 4 rings (SSSR count). The zero-order valence-corrected chi connectivity index (χ0v) is 15.8. The van der Waals surface area contributed by atoms with Crippen LogP contribution in [0.2, 0.25) is 0 Å². The molecule has 1 unspecified atom stereocenters. The van der Waals surface area contributed by atoms with Crippen LogP contribution in [-0.4, -0.2) is 46.5 Å². The molecule has 1 aliphatic rings. The van der Waals surface area contributed by atoms with Crippen molar-refractivity contribution >= 4 is 0 Å².